The lowest BCUT2D eigenvalue weighted by molar-refractivity contribution is -0.123. The van der Waals surface area contributed by atoms with Gasteiger partial charge in [-0.25, -0.2) is 4.90 Å². The van der Waals surface area contributed by atoms with Crippen molar-refractivity contribution in [3.8, 4) is 11.5 Å². The van der Waals surface area contributed by atoms with Gasteiger partial charge in [0.05, 0.1) is 19.9 Å². The van der Waals surface area contributed by atoms with Gasteiger partial charge < -0.3 is 14.8 Å². The minimum atomic E-state index is -0.993. The first-order valence-electron chi connectivity index (χ1n) is 9.56. The first-order chi connectivity index (χ1) is 14.9. The summed E-state index contributed by atoms with van der Waals surface area (Å²) >= 11 is 0. The predicted molar refractivity (Wildman–Crippen MR) is 111 cm³/mol. The van der Waals surface area contributed by atoms with Crippen molar-refractivity contribution in [3.05, 3.63) is 48.0 Å². The second kappa shape index (κ2) is 8.05. The molecule has 31 heavy (non-hydrogen) atoms. The van der Waals surface area contributed by atoms with Crippen LogP contribution in [0.25, 0.3) is 0 Å². The van der Waals surface area contributed by atoms with Crippen molar-refractivity contribution in [2.75, 3.05) is 31.0 Å². The number of rotatable bonds is 6. The Labute approximate surface area is 178 Å². The zero-order valence-corrected chi connectivity index (χ0v) is 17.2. The summed E-state index contributed by atoms with van der Waals surface area (Å²) in [4.78, 5) is 39.5. The SMILES string of the molecule is COc1ccc(N2C(=O)C3N=NN(CC(=O)Nc4cccc(C)c4)C3C2=O)cc1OC. The summed E-state index contributed by atoms with van der Waals surface area (Å²) in [5.41, 5.74) is 1.97. The number of ether oxygens (including phenoxy) is 2. The fraction of sp³-hybridized carbons (Fsp3) is 0.286. The maximum Gasteiger partial charge on any atom is 0.263 e. The van der Waals surface area contributed by atoms with Crippen LogP contribution in [0, 0.1) is 6.92 Å². The van der Waals surface area contributed by atoms with Gasteiger partial charge in [-0.15, -0.1) is 0 Å². The maximum atomic E-state index is 13.1. The van der Waals surface area contributed by atoms with Crippen LogP contribution in [0.1, 0.15) is 5.56 Å². The monoisotopic (exact) mass is 423 g/mol. The fourth-order valence-electron chi connectivity index (χ4n) is 3.64. The number of hydrogen-bond donors (Lipinski definition) is 1. The molecular formula is C21H21N5O5. The average Bonchev–Trinajstić information content (AvgIpc) is 3.27. The minimum Gasteiger partial charge on any atom is -0.493 e. The summed E-state index contributed by atoms with van der Waals surface area (Å²) in [6.45, 7) is 1.71. The highest BCUT2D eigenvalue weighted by Gasteiger charge is 2.55. The summed E-state index contributed by atoms with van der Waals surface area (Å²) in [6, 6.07) is 10.1. The van der Waals surface area contributed by atoms with E-state index in [1.54, 1.807) is 24.3 Å². The highest BCUT2D eigenvalue weighted by atomic mass is 16.5. The highest BCUT2D eigenvalue weighted by Crippen LogP contribution is 2.36. The van der Waals surface area contributed by atoms with Gasteiger partial charge in [0.25, 0.3) is 11.8 Å². The van der Waals surface area contributed by atoms with E-state index in [4.69, 9.17) is 9.47 Å². The first kappa shape index (κ1) is 20.3. The Morgan fingerprint density at radius 3 is 2.55 bits per heavy atom. The van der Waals surface area contributed by atoms with E-state index in [2.05, 4.69) is 15.7 Å². The number of nitrogens with zero attached hydrogens (tertiary/aromatic N) is 4. The Morgan fingerprint density at radius 1 is 1.06 bits per heavy atom. The number of benzene rings is 2. The third-order valence-electron chi connectivity index (χ3n) is 5.09. The van der Waals surface area contributed by atoms with Crippen LogP contribution in [0.5, 0.6) is 11.5 Å². The normalized spacial score (nSPS) is 19.6. The van der Waals surface area contributed by atoms with Crippen LogP contribution >= 0.6 is 0 Å². The molecule has 2 aliphatic heterocycles. The van der Waals surface area contributed by atoms with Crippen LogP contribution in [0.3, 0.4) is 0 Å². The average molecular weight is 423 g/mol. The predicted octanol–water partition coefficient (Wildman–Crippen LogP) is 1.94. The van der Waals surface area contributed by atoms with E-state index in [0.717, 1.165) is 10.5 Å². The van der Waals surface area contributed by atoms with E-state index in [1.807, 2.05) is 25.1 Å². The van der Waals surface area contributed by atoms with Crippen LogP contribution in [0.4, 0.5) is 11.4 Å². The lowest BCUT2D eigenvalue weighted by Crippen LogP contribution is -2.43. The van der Waals surface area contributed by atoms with E-state index in [-0.39, 0.29) is 12.5 Å². The van der Waals surface area contributed by atoms with Crippen molar-refractivity contribution in [3.63, 3.8) is 0 Å². The van der Waals surface area contributed by atoms with Gasteiger partial charge in [-0.1, -0.05) is 17.4 Å². The number of amides is 3. The maximum absolute atomic E-state index is 13.1. The molecule has 0 spiro atoms. The Kier molecular flexibility index (Phi) is 5.28. The fourth-order valence-corrected chi connectivity index (χ4v) is 3.64. The summed E-state index contributed by atoms with van der Waals surface area (Å²) in [7, 11) is 2.96. The number of carbonyl (C=O) groups excluding carboxylic acids is 3. The summed E-state index contributed by atoms with van der Waals surface area (Å²) in [5.74, 6) is -0.522. The molecule has 2 aromatic carbocycles. The number of nitrogens with one attached hydrogen (secondary N) is 1. The first-order valence-corrected chi connectivity index (χ1v) is 9.56. The summed E-state index contributed by atoms with van der Waals surface area (Å²) in [5, 5.41) is 11.8. The number of aryl methyl sites for hydroxylation is 1. The van der Waals surface area contributed by atoms with E-state index in [0.29, 0.717) is 22.9 Å². The lowest BCUT2D eigenvalue weighted by atomic mass is 10.1. The molecule has 0 aromatic heterocycles. The molecule has 1 N–H and O–H groups in total. The van der Waals surface area contributed by atoms with Gasteiger partial charge in [-0.05, 0) is 36.8 Å². The molecule has 3 amide bonds. The third-order valence-corrected chi connectivity index (χ3v) is 5.09. The topological polar surface area (TPSA) is 113 Å². The van der Waals surface area contributed by atoms with Crippen molar-refractivity contribution in [2.45, 2.75) is 19.0 Å². The van der Waals surface area contributed by atoms with Crippen LogP contribution in [0.2, 0.25) is 0 Å². The largest absolute Gasteiger partial charge is 0.493 e. The van der Waals surface area contributed by atoms with Crippen molar-refractivity contribution < 1.29 is 23.9 Å². The molecule has 2 unspecified atom stereocenters. The molecule has 4 rings (SSSR count). The molecule has 160 valence electrons. The van der Waals surface area contributed by atoms with E-state index >= 15 is 0 Å². The van der Waals surface area contributed by atoms with Crippen LogP contribution < -0.4 is 19.7 Å². The van der Waals surface area contributed by atoms with E-state index in [1.165, 1.54) is 19.2 Å². The Hall–Kier alpha value is -3.95. The van der Waals surface area contributed by atoms with Gasteiger partial charge in [0.1, 0.15) is 6.54 Å². The van der Waals surface area contributed by atoms with Gasteiger partial charge >= 0.3 is 0 Å². The van der Waals surface area contributed by atoms with Crippen LogP contribution in [-0.4, -0.2) is 55.6 Å². The molecule has 0 saturated carbocycles. The molecule has 2 atom stereocenters. The molecule has 2 aromatic rings. The van der Waals surface area contributed by atoms with E-state index in [9.17, 15) is 14.4 Å². The Balaban J connectivity index is 1.51. The van der Waals surface area contributed by atoms with Crippen molar-refractivity contribution in [2.24, 2.45) is 10.3 Å². The molecule has 0 aliphatic carbocycles. The molecular weight excluding hydrogens is 402 g/mol. The number of methoxy groups -OCH3 is 2. The molecule has 1 saturated heterocycles. The molecule has 0 radical (unpaired) electrons. The van der Waals surface area contributed by atoms with Crippen LogP contribution in [0.15, 0.2) is 52.8 Å². The molecule has 0 bridgehead atoms. The number of carbonyl (C=O) groups is 3. The van der Waals surface area contributed by atoms with Crippen LogP contribution in [-0.2, 0) is 14.4 Å². The zero-order chi connectivity index (χ0) is 22.1. The standard InChI is InChI=1S/C21H21N5O5/c1-12-5-4-6-13(9-12)22-17(27)11-25-19-18(23-24-25)20(28)26(21(19)29)14-7-8-15(30-2)16(10-14)31-3/h4-10,18-19H,11H2,1-3H3,(H,22,27). The van der Waals surface area contributed by atoms with Gasteiger partial charge in [-0.2, -0.15) is 5.11 Å². The van der Waals surface area contributed by atoms with Gasteiger partial charge in [0, 0.05) is 11.8 Å². The second-order valence-electron chi connectivity index (χ2n) is 7.16. The molecule has 2 aliphatic rings. The van der Waals surface area contributed by atoms with Gasteiger partial charge in [-0.3, -0.25) is 19.4 Å². The number of imide groups is 1. The lowest BCUT2D eigenvalue weighted by Gasteiger charge is -2.20. The van der Waals surface area contributed by atoms with Crippen molar-refractivity contribution >= 4 is 29.1 Å². The molecule has 1 fully saturated rings. The van der Waals surface area contributed by atoms with Crippen molar-refractivity contribution in [1.29, 1.82) is 0 Å². The highest BCUT2D eigenvalue weighted by molar-refractivity contribution is 6.25. The van der Waals surface area contributed by atoms with Gasteiger partial charge in [0.2, 0.25) is 5.91 Å². The molecule has 2 heterocycles. The number of fused-ring (bicyclic) bond motifs is 1. The number of hydrogen-bond acceptors (Lipinski definition) is 8. The van der Waals surface area contributed by atoms with Gasteiger partial charge in [0.15, 0.2) is 23.6 Å². The second-order valence-corrected chi connectivity index (χ2v) is 7.16. The Morgan fingerprint density at radius 2 is 1.84 bits per heavy atom. The minimum absolute atomic E-state index is 0.211. The smallest absolute Gasteiger partial charge is 0.263 e. The zero-order valence-electron chi connectivity index (χ0n) is 17.2. The quantitative estimate of drug-likeness (QED) is 0.711. The number of anilines is 2. The third kappa shape index (κ3) is 3.67. The molecule has 10 heteroatoms. The summed E-state index contributed by atoms with van der Waals surface area (Å²) in [6.07, 6.45) is 0. The summed E-state index contributed by atoms with van der Waals surface area (Å²) < 4.78 is 10.5. The molecule has 10 nitrogen and oxygen atoms in total. The Bertz CT molecular complexity index is 1090. The van der Waals surface area contributed by atoms with Crippen molar-refractivity contribution in [1.82, 2.24) is 5.01 Å². The van der Waals surface area contributed by atoms with E-state index < -0.39 is 23.9 Å².